The van der Waals surface area contributed by atoms with Crippen LogP contribution in [0.1, 0.15) is 40.5 Å². The van der Waals surface area contributed by atoms with Crippen molar-refractivity contribution < 1.29 is 24.2 Å². The fourth-order valence-corrected chi connectivity index (χ4v) is 3.48. The molecule has 0 spiro atoms. The van der Waals surface area contributed by atoms with Crippen molar-refractivity contribution in [2.45, 2.75) is 58.2 Å². The average Bonchev–Trinajstić information content (AvgIpc) is 2.93. The second kappa shape index (κ2) is 5.83. The zero-order valence-corrected chi connectivity index (χ0v) is 13.2. The van der Waals surface area contributed by atoms with E-state index >= 15 is 0 Å². The minimum Gasteiger partial charge on any atom is -0.464 e. The van der Waals surface area contributed by atoms with E-state index in [2.05, 4.69) is 0 Å². The second-order valence-electron chi connectivity index (χ2n) is 6.82. The van der Waals surface area contributed by atoms with E-state index in [0.29, 0.717) is 0 Å². The minimum atomic E-state index is -0.629. The Balaban J connectivity index is 2.19. The highest BCUT2D eigenvalue weighted by molar-refractivity contribution is 5.83. The minimum absolute atomic E-state index is 0.0356. The number of ether oxygens (including phenoxy) is 2. The zero-order chi connectivity index (χ0) is 15.8. The number of piperidine rings is 1. The van der Waals surface area contributed by atoms with Gasteiger partial charge in [-0.15, -0.1) is 0 Å². The maximum atomic E-state index is 12.4. The molecule has 21 heavy (non-hydrogen) atoms. The molecule has 2 fully saturated rings. The molecule has 1 saturated carbocycles. The van der Waals surface area contributed by atoms with Crippen LogP contribution in [0.2, 0.25) is 0 Å². The van der Waals surface area contributed by atoms with Gasteiger partial charge in [-0.05, 0) is 52.4 Å². The van der Waals surface area contributed by atoms with Gasteiger partial charge in [0.1, 0.15) is 11.6 Å². The van der Waals surface area contributed by atoms with Gasteiger partial charge in [0.2, 0.25) is 0 Å². The van der Waals surface area contributed by atoms with Gasteiger partial charge in [0.05, 0.1) is 6.61 Å². The van der Waals surface area contributed by atoms with E-state index in [1.54, 1.807) is 27.7 Å². The van der Waals surface area contributed by atoms with Crippen molar-refractivity contribution in [2.75, 3.05) is 13.2 Å². The van der Waals surface area contributed by atoms with Crippen molar-refractivity contribution in [2.24, 2.45) is 11.8 Å². The number of fused-ring (bicyclic) bond motifs is 2. The molecular formula is C15H25NO5. The van der Waals surface area contributed by atoms with Crippen LogP contribution in [-0.4, -0.2) is 53.0 Å². The second-order valence-corrected chi connectivity index (χ2v) is 6.82. The first kappa shape index (κ1) is 16.1. The molecule has 2 bridgehead atoms. The molecule has 0 aromatic rings. The normalized spacial score (nSPS) is 31.4. The van der Waals surface area contributed by atoms with Crippen molar-refractivity contribution in [1.82, 2.24) is 4.90 Å². The van der Waals surface area contributed by atoms with Crippen LogP contribution in [0, 0.1) is 11.8 Å². The third-order valence-corrected chi connectivity index (χ3v) is 4.19. The Morgan fingerprint density at radius 2 is 1.95 bits per heavy atom. The van der Waals surface area contributed by atoms with E-state index < -0.39 is 23.7 Å². The summed E-state index contributed by atoms with van der Waals surface area (Å²) in [5.41, 5.74) is -0.603. The quantitative estimate of drug-likeness (QED) is 0.800. The molecule has 1 aliphatic carbocycles. The van der Waals surface area contributed by atoms with Gasteiger partial charge in [-0.2, -0.15) is 0 Å². The van der Waals surface area contributed by atoms with E-state index in [1.807, 2.05) is 0 Å². The molecule has 4 atom stereocenters. The van der Waals surface area contributed by atoms with E-state index in [0.717, 1.165) is 12.8 Å². The van der Waals surface area contributed by atoms with Crippen LogP contribution < -0.4 is 0 Å². The van der Waals surface area contributed by atoms with E-state index in [-0.39, 0.29) is 31.1 Å². The Morgan fingerprint density at radius 1 is 1.29 bits per heavy atom. The topological polar surface area (TPSA) is 76.1 Å². The van der Waals surface area contributed by atoms with Crippen molar-refractivity contribution in [3.63, 3.8) is 0 Å². The summed E-state index contributed by atoms with van der Waals surface area (Å²) in [5, 5.41) is 9.44. The molecule has 0 unspecified atom stereocenters. The van der Waals surface area contributed by atoms with Crippen molar-refractivity contribution in [1.29, 1.82) is 0 Å². The van der Waals surface area contributed by atoms with Crippen LogP contribution in [0.3, 0.4) is 0 Å². The lowest BCUT2D eigenvalue weighted by Gasteiger charge is -2.37. The lowest BCUT2D eigenvalue weighted by Crippen LogP contribution is -2.53. The van der Waals surface area contributed by atoms with Crippen LogP contribution in [0.15, 0.2) is 0 Å². The van der Waals surface area contributed by atoms with E-state index in [1.165, 1.54) is 4.90 Å². The molecule has 2 aliphatic rings. The molecule has 6 nitrogen and oxygen atoms in total. The smallest absolute Gasteiger partial charge is 0.411 e. The van der Waals surface area contributed by atoms with E-state index in [4.69, 9.17) is 9.47 Å². The first-order valence-corrected chi connectivity index (χ1v) is 7.57. The maximum absolute atomic E-state index is 12.4. The number of amides is 1. The molecule has 0 aromatic carbocycles. The number of aliphatic hydroxyl groups is 1. The molecule has 0 aromatic heterocycles. The van der Waals surface area contributed by atoms with Gasteiger partial charge in [-0.3, -0.25) is 4.90 Å². The highest BCUT2D eigenvalue weighted by Gasteiger charge is 2.57. The Morgan fingerprint density at radius 3 is 2.48 bits per heavy atom. The molecule has 1 N–H and O–H groups in total. The van der Waals surface area contributed by atoms with Crippen LogP contribution in [-0.2, 0) is 14.3 Å². The van der Waals surface area contributed by atoms with Gasteiger partial charge in [0.25, 0.3) is 0 Å². The van der Waals surface area contributed by atoms with Crippen LogP contribution in [0.4, 0.5) is 4.79 Å². The largest absolute Gasteiger partial charge is 0.464 e. The lowest BCUT2D eigenvalue weighted by molar-refractivity contribution is -0.152. The Kier molecular flexibility index (Phi) is 4.46. The molecule has 120 valence electrons. The first-order chi connectivity index (χ1) is 9.78. The summed E-state index contributed by atoms with van der Waals surface area (Å²) >= 11 is 0. The predicted octanol–water partition coefficient (Wildman–Crippen LogP) is 1.56. The van der Waals surface area contributed by atoms with Gasteiger partial charge in [0, 0.05) is 12.6 Å². The van der Waals surface area contributed by atoms with Gasteiger partial charge in [-0.25, -0.2) is 9.59 Å². The Bertz CT molecular complexity index is 417. The monoisotopic (exact) mass is 299 g/mol. The molecule has 2 rings (SSSR count). The Labute approximate surface area is 125 Å². The summed E-state index contributed by atoms with van der Waals surface area (Å²) in [6, 6.07) is -0.674. The van der Waals surface area contributed by atoms with Gasteiger partial charge < -0.3 is 14.6 Å². The summed E-state index contributed by atoms with van der Waals surface area (Å²) in [7, 11) is 0. The van der Waals surface area contributed by atoms with Crippen molar-refractivity contribution in [3.05, 3.63) is 0 Å². The number of hydrogen-bond donors (Lipinski definition) is 1. The summed E-state index contributed by atoms with van der Waals surface area (Å²) < 4.78 is 10.5. The SMILES string of the molecule is CCOC(=O)[C@@H]1[C@@H]2C[C@@H](C[C@H]2CO)N1C(=O)OC(C)(C)C. The van der Waals surface area contributed by atoms with Crippen molar-refractivity contribution >= 4 is 12.1 Å². The maximum Gasteiger partial charge on any atom is 0.411 e. The van der Waals surface area contributed by atoms with Crippen LogP contribution in [0.25, 0.3) is 0 Å². The third-order valence-electron chi connectivity index (χ3n) is 4.19. The molecule has 1 amide bonds. The number of rotatable bonds is 3. The standard InChI is InChI=1S/C15H25NO5/c1-5-20-13(18)12-11-7-10(6-9(11)8-17)16(12)14(19)21-15(2,3)4/h9-12,17H,5-8H2,1-4H3/t9-,10+,11+,12-/m0/s1. The molecule has 1 saturated heterocycles. The first-order valence-electron chi connectivity index (χ1n) is 7.57. The fraction of sp³-hybridized carbons (Fsp3) is 0.867. The molecule has 1 aliphatic heterocycles. The zero-order valence-electron chi connectivity index (χ0n) is 13.2. The summed E-state index contributed by atoms with van der Waals surface area (Å²) in [6.07, 6.45) is 0.981. The number of esters is 1. The van der Waals surface area contributed by atoms with Crippen molar-refractivity contribution in [3.8, 4) is 0 Å². The number of carbonyl (C=O) groups is 2. The summed E-state index contributed by atoms with van der Waals surface area (Å²) in [6.45, 7) is 7.46. The fourth-order valence-electron chi connectivity index (χ4n) is 3.48. The van der Waals surface area contributed by atoms with E-state index in [9.17, 15) is 14.7 Å². The third kappa shape index (κ3) is 3.15. The number of aliphatic hydroxyl groups excluding tert-OH is 1. The summed E-state index contributed by atoms with van der Waals surface area (Å²) in [4.78, 5) is 26.2. The highest BCUT2D eigenvalue weighted by atomic mass is 16.6. The predicted molar refractivity (Wildman–Crippen MR) is 75.6 cm³/mol. The molecule has 6 heteroatoms. The van der Waals surface area contributed by atoms with Gasteiger partial charge >= 0.3 is 12.1 Å². The Hall–Kier alpha value is -1.30. The van der Waals surface area contributed by atoms with Gasteiger partial charge in [0.15, 0.2) is 0 Å². The summed E-state index contributed by atoms with van der Waals surface area (Å²) in [5.74, 6) is -0.372. The lowest BCUT2D eigenvalue weighted by atomic mass is 9.88. The number of nitrogens with zero attached hydrogens (tertiary/aromatic N) is 1. The molecule has 0 radical (unpaired) electrons. The number of hydrogen-bond acceptors (Lipinski definition) is 5. The van der Waals surface area contributed by atoms with Crippen LogP contribution in [0.5, 0.6) is 0 Å². The average molecular weight is 299 g/mol. The molecule has 1 heterocycles. The van der Waals surface area contributed by atoms with Crippen LogP contribution >= 0.6 is 0 Å². The van der Waals surface area contributed by atoms with Gasteiger partial charge in [-0.1, -0.05) is 0 Å². The molecular weight excluding hydrogens is 274 g/mol. The number of likely N-dealkylation sites (tertiary alicyclic amines) is 1. The number of carbonyl (C=O) groups excluding carboxylic acids is 2. The highest BCUT2D eigenvalue weighted by Crippen LogP contribution is 2.47.